The quantitative estimate of drug-likeness (QED) is 0.860. The molecule has 4 heteroatoms. The van der Waals surface area contributed by atoms with Crippen LogP contribution in [-0.4, -0.2) is 36.1 Å². The highest BCUT2D eigenvalue weighted by Crippen LogP contribution is 2.12. The Morgan fingerprint density at radius 1 is 1.35 bits per heavy atom. The molecular formula is C13H22N4. The molecule has 2 rings (SSSR count). The summed E-state index contributed by atoms with van der Waals surface area (Å²) in [6.45, 7) is 6.23. The fourth-order valence-electron chi connectivity index (χ4n) is 2.33. The number of nitrogens with one attached hydrogen (secondary N) is 1. The lowest BCUT2D eigenvalue weighted by molar-refractivity contribution is 0.556. The van der Waals surface area contributed by atoms with Crippen molar-refractivity contribution in [2.75, 3.05) is 25.0 Å². The Kier molecular flexibility index (Phi) is 3.94. The summed E-state index contributed by atoms with van der Waals surface area (Å²) in [5.74, 6) is 0.848. The second-order valence-electron chi connectivity index (χ2n) is 4.95. The summed E-state index contributed by atoms with van der Waals surface area (Å²) in [7, 11) is 2.07. The van der Waals surface area contributed by atoms with E-state index in [4.69, 9.17) is 0 Å². The van der Waals surface area contributed by atoms with Crippen molar-refractivity contribution in [2.45, 2.75) is 39.2 Å². The lowest BCUT2D eigenvalue weighted by atomic mass is 10.1. The highest BCUT2D eigenvalue weighted by molar-refractivity contribution is 5.30. The highest BCUT2D eigenvalue weighted by Gasteiger charge is 2.15. The first kappa shape index (κ1) is 12.3. The minimum absolute atomic E-state index is 0.684. The molecule has 0 aliphatic carbocycles. The third kappa shape index (κ3) is 3.40. The highest BCUT2D eigenvalue weighted by atomic mass is 15.2. The average Bonchev–Trinajstić information content (AvgIpc) is 2.77. The van der Waals surface area contributed by atoms with E-state index in [1.165, 1.54) is 25.8 Å². The Morgan fingerprint density at radius 2 is 2.06 bits per heavy atom. The standard InChI is InChI=1S/C13H22N4/c1-10-9-11(2)16-13(15-10)17(3)8-6-12-5-4-7-14-12/h9,12,14H,4-8H2,1-3H3. The maximum atomic E-state index is 4.47. The molecule has 1 aromatic rings. The zero-order valence-electron chi connectivity index (χ0n) is 11.0. The van der Waals surface area contributed by atoms with Gasteiger partial charge in [-0.25, -0.2) is 9.97 Å². The van der Waals surface area contributed by atoms with Crippen LogP contribution in [0.25, 0.3) is 0 Å². The van der Waals surface area contributed by atoms with Gasteiger partial charge in [-0.05, 0) is 45.7 Å². The van der Waals surface area contributed by atoms with Crippen LogP contribution in [0.2, 0.25) is 0 Å². The Labute approximate surface area is 103 Å². The predicted molar refractivity (Wildman–Crippen MR) is 70.4 cm³/mol. The van der Waals surface area contributed by atoms with E-state index in [2.05, 4.69) is 27.2 Å². The van der Waals surface area contributed by atoms with Gasteiger partial charge < -0.3 is 10.2 Å². The summed E-state index contributed by atoms with van der Waals surface area (Å²) >= 11 is 0. The fraction of sp³-hybridized carbons (Fsp3) is 0.692. The Bertz CT molecular complexity index is 351. The number of anilines is 1. The molecule has 94 valence electrons. The number of aromatic nitrogens is 2. The van der Waals surface area contributed by atoms with E-state index in [0.29, 0.717) is 6.04 Å². The SMILES string of the molecule is Cc1cc(C)nc(N(C)CCC2CCCN2)n1. The molecule has 1 fully saturated rings. The molecule has 4 nitrogen and oxygen atoms in total. The number of aryl methyl sites for hydroxylation is 2. The number of hydrogen-bond acceptors (Lipinski definition) is 4. The molecule has 1 saturated heterocycles. The molecule has 17 heavy (non-hydrogen) atoms. The van der Waals surface area contributed by atoms with Crippen LogP contribution in [0, 0.1) is 13.8 Å². The van der Waals surface area contributed by atoms with Crippen molar-refractivity contribution >= 4 is 5.95 Å². The van der Waals surface area contributed by atoms with E-state index in [9.17, 15) is 0 Å². The zero-order valence-corrected chi connectivity index (χ0v) is 11.0. The first-order chi connectivity index (χ1) is 8.15. The van der Waals surface area contributed by atoms with E-state index in [-0.39, 0.29) is 0 Å². The first-order valence-electron chi connectivity index (χ1n) is 6.42. The smallest absolute Gasteiger partial charge is 0.225 e. The number of nitrogens with zero attached hydrogens (tertiary/aromatic N) is 3. The van der Waals surface area contributed by atoms with Crippen LogP contribution in [-0.2, 0) is 0 Å². The molecular weight excluding hydrogens is 212 g/mol. The molecule has 1 aliphatic heterocycles. The van der Waals surface area contributed by atoms with Gasteiger partial charge in [0.2, 0.25) is 5.95 Å². The molecule has 1 atom stereocenters. The van der Waals surface area contributed by atoms with Crippen molar-refractivity contribution in [1.29, 1.82) is 0 Å². The van der Waals surface area contributed by atoms with E-state index >= 15 is 0 Å². The van der Waals surface area contributed by atoms with Gasteiger partial charge in [-0.1, -0.05) is 0 Å². The van der Waals surface area contributed by atoms with Crippen LogP contribution in [0.3, 0.4) is 0 Å². The van der Waals surface area contributed by atoms with Crippen LogP contribution in [0.15, 0.2) is 6.07 Å². The molecule has 0 spiro atoms. The monoisotopic (exact) mass is 234 g/mol. The topological polar surface area (TPSA) is 41.1 Å². The van der Waals surface area contributed by atoms with E-state index < -0.39 is 0 Å². The van der Waals surface area contributed by atoms with E-state index in [0.717, 1.165) is 23.9 Å². The van der Waals surface area contributed by atoms with Gasteiger partial charge in [-0.2, -0.15) is 0 Å². The van der Waals surface area contributed by atoms with Crippen LogP contribution < -0.4 is 10.2 Å². The summed E-state index contributed by atoms with van der Waals surface area (Å²) in [5, 5.41) is 3.52. The molecule has 1 unspecified atom stereocenters. The summed E-state index contributed by atoms with van der Waals surface area (Å²) in [6.07, 6.45) is 3.79. The molecule has 0 amide bonds. The van der Waals surface area contributed by atoms with Crippen molar-refractivity contribution in [2.24, 2.45) is 0 Å². The lowest BCUT2D eigenvalue weighted by Gasteiger charge is -2.20. The third-order valence-corrected chi connectivity index (χ3v) is 3.29. The molecule has 1 N–H and O–H groups in total. The maximum Gasteiger partial charge on any atom is 0.225 e. The second kappa shape index (κ2) is 5.45. The van der Waals surface area contributed by atoms with Gasteiger partial charge in [-0.15, -0.1) is 0 Å². The molecule has 1 aromatic heterocycles. The van der Waals surface area contributed by atoms with Crippen LogP contribution >= 0.6 is 0 Å². The van der Waals surface area contributed by atoms with Gasteiger partial charge in [0.1, 0.15) is 0 Å². The van der Waals surface area contributed by atoms with Gasteiger partial charge in [0.05, 0.1) is 0 Å². The minimum Gasteiger partial charge on any atom is -0.344 e. The lowest BCUT2D eigenvalue weighted by Crippen LogP contribution is -2.29. The first-order valence-corrected chi connectivity index (χ1v) is 6.42. The van der Waals surface area contributed by atoms with Crippen LogP contribution in [0.5, 0.6) is 0 Å². The molecule has 0 aromatic carbocycles. The summed E-state index contributed by atoms with van der Waals surface area (Å²) < 4.78 is 0. The van der Waals surface area contributed by atoms with Crippen molar-refractivity contribution in [3.05, 3.63) is 17.5 Å². The third-order valence-electron chi connectivity index (χ3n) is 3.29. The molecule has 0 radical (unpaired) electrons. The van der Waals surface area contributed by atoms with Crippen molar-refractivity contribution in [3.8, 4) is 0 Å². The van der Waals surface area contributed by atoms with E-state index in [1.54, 1.807) is 0 Å². The molecule has 0 bridgehead atoms. The van der Waals surface area contributed by atoms with Crippen LogP contribution in [0.4, 0.5) is 5.95 Å². The second-order valence-corrected chi connectivity index (χ2v) is 4.95. The number of rotatable bonds is 4. The summed E-state index contributed by atoms with van der Waals surface area (Å²) in [5.41, 5.74) is 2.08. The van der Waals surface area contributed by atoms with Gasteiger partial charge in [-0.3, -0.25) is 0 Å². The van der Waals surface area contributed by atoms with Gasteiger partial charge in [0, 0.05) is 31.0 Å². The largest absolute Gasteiger partial charge is 0.344 e. The van der Waals surface area contributed by atoms with Crippen LogP contribution in [0.1, 0.15) is 30.7 Å². The van der Waals surface area contributed by atoms with Gasteiger partial charge in [0.15, 0.2) is 0 Å². The molecule has 0 saturated carbocycles. The molecule has 2 heterocycles. The van der Waals surface area contributed by atoms with Crippen molar-refractivity contribution < 1.29 is 0 Å². The summed E-state index contributed by atoms with van der Waals surface area (Å²) in [6, 6.07) is 2.69. The van der Waals surface area contributed by atoms with Crippen molar-refractivity contribution in [1.82, 2.24) is 15.3 Å². The van der Waals surface area contributed by atoms with Crippen molar-refractivity contribution in [3.63, 3.8) is 0 Å². The normalized spacial score (nSPS) is 19.6. The van der Waals surface area contributed by atoms with Gasteiger partial charge in [0.25, 0.3) is 0 Å². The minimum atomic E-state index is 0.684. The maximum absolute atomic E-state index is 4.47. The predicted octanol–water partition coefficient (Wildman–Crippen LogP) is 1.67. The molecule has 1 aliphatic rings. The Morgan fingerprint density at radius 3 is 2.65 bits per heavy atom. The van der Waals surface area contributed by atoms with Gasteiger partial charge >= 0.3 is 0 Å². The summed E-state index contributed by atoms with van der Waals surface area (Å²) in [4.78, 5) is 11.1. The van der Waals surface area contributed by atoms with E-state index in [1.807, 2.05) is 19.9 Å². The number of hydrogen-bond donors (Lipinski definition) is 1. The Hall–Kier alpha value is -1.16. The average molecular weight is 234 g/mol. The Balaban J connectivity index is 1.91. The fourth-order valence-corrected chi connectivity index (χ4v) is 2.33. The zero-order chi connectivity index (χ0) is 12.3.